The Morgan fingerprint density at radius 2 is 1.82 bits per heavy atom. The lowest BCUT2D eigenvalue weighted by Gasteiger charge is -2.11. The van der Waals surface area contributed by atoms with E-state index < -0.39 is 0 Å². The van der Waals surface area contributed by atoms with Crippen LogP contribution in [0.5, 0.6) is 5.75 Å². The van der Waals surface area contributed by atoms with Gasteiger partial charge in [0.2, 0.25) is 0 Å². The van der Waals surface area contributed by atoms with Gasteiger partial charge in [-0.2, -0.15) is 0 Å². The molecule has 0 amide bonds. The van der Waals surface area contributed by atoms with Gasteiger partial charge < -0.3 is 10.1 Å². The SMILES string of the molecule is CC[C@H](C)[NH2+]CCOc1c(Cl)cc(Cl)cc1Cl. The summed E-state index contributed by atoms with van der Waals surface area (Å²) in [4.78, 5) is 0. The minimum absolute atomic E-state index is 0.450. The number of ether oxygens (including phenoxy) is 1. The second kappa shape index (κ2) is 7.32. The molecule has 1 atom stereocenters. The summed E-state index contributed by atoms with van der Waals surface area (Å²) < 4.78 is 5.56. The zero-order chi connectivity index (χ0) is 12.8. The van der Waals surface area contributed by atoms with Crippen molar-refractivity contribution in [2.45, 2.75) is 26.3 Å². The van der Waals surface area contributed by atoms with Crippen molar-refractivity contribution in [3.63, 3.8) is 0 Å². The Labute approximate surface area is 117 Å². The summed E-state index contributed by atoms with van der Waals surface area (Å²) in [5.74, 6) is 0.510. The summed E-state index contributed by atoms with van der Waals surface area (Å²) >= 11 is 17.8. The first-order chi connectivity index (χ1) is 8.04. The maximum Gasteiger partial charge on any atom is 0.156 e. The Kier molecular flexibility index (Phi) is 6.42. The number of hydrogen-bond donors (Lipinski definition) is 1. The van der Waals surface area contributed by atoms with Crippen LogP contribution in [0.3, 0.4) is 0 Å². The molecule has 0 saturated carbocycles. The van der Waals surface area contributed by atoms with E-state index in [9.17, 15) is 0 Å². The monoisotopic (exact) mass is 296 g/mol. The highest BCUT2D eigenvalue weighted by atomic mass is 35.5. The van der Waals surface area contributed by atoms with Crippen molar-refractivity contribution in [3.8, 4) is 5.75 Å². The third-order valence-electron chi connectivity index (χ3n) is 2.54. The Morgan fingerprint density at radius 1 is 1.24 bits per heavy atom. The van der Waals surface area contributed by atoms with Gasteiger partial charge >= 0.3 is 0 Å². The van der Waals surface area contributed by atoms with Crippen LogP contribution in [-0.4, -0.2) is 19.2 Å². The maximum absolute atomic E-state index is 6.00. The van der Waals surface area contributed by atoms with Gasteiger partial charge in [-0.3, -0.25) is 0 Å². The van der Waals surface area contributed by atoms with Gasteiger partial charge in [0, 0.05) is 5.02 Å². The van der Waals surface area contributed by atoms with E-state index in [0.29, 0.717) is 33.5 Å². The number of rotatable bonds is 6. The maximum atomic E-state index is 6.00. The molecule has 0 aromatic heterocycles. The molecule has 17 heavy (non-hydrogen) atoms. The van der Waals surface area contributed by atoms with Gasteiger partial charge in [0.05, 0.1) is 16.1 Å². The van der Waals surface area contributed by atoms with Gasteiger partial charge in [0.25, 0.3) is 0 Å². The molecule has 1 aromatic carbocycles. The van der Waals surface area contributed by atoms with Gasteiger partial charge in [0.15, 0.2) is 5.75 Å². The van der Waals surface area contributed by atoms with Gasteiger partial charge in [-0.25, -0.2) is 0 Å². The van der Waals surface area contributed by atoms with Gasteiger partial charge in [0.1, 0.15) is 13.2 Å². The smallest absolute Gasteiger partial charge is 0.156 e. The van der Waals surface area contributed by atoms with Crippen molar-refractivity contribution in [1.82, 2.24) is 0 Å². The molecule has 0 spiro atoms. The molecule has 1 aromatic rings. The van der Waals surface area contributed by atoms with Gasteiger partial charge in [-0.05, 0) is 25.5 Å². The molecular weight excluding hydrogens is 280 g/mol. The van der Waals surface area contributed by atoms with E-state index in [4.69, 9.17) is 39.5 Å². The number of halogens is 3. The number of hydrogen-bond acceptors (Lipinski definition) is 1. The fourth-order valence-electron chi connectivity index (χ4n) is 1.35. The molecule has 1 rings (SSSR count). The van der Waals surface area contributed by atoms with Crippen LogP contribution in [0.1, 0.15) is 20.3 Å². The predicted octanol–water partition coefficient (Wildman–Crippen LogP) is 3.39. The molecule has 0 aliphatic carbocycles. The molecule has 0 unspecified atom stereocenters. The molecule has 0 aliphatic heterocycles. The molecule has 2 N–H and O–H groups in total. The molecule has 0 saturated heterocycles. The molecule has 2 nitrogen and oxygen atoms in total. The first-order valence-corrected chi connectivity index (χ1v) is 6.78. The fraction of sp³-hybridized carbons (Fsp3) is 0.500. The largest absolute Gasteiger partial charge is 0.485 e. The molecule has 96 valence electrons. The van der Waals surface area contributed by atoms with E-state index >= 15 is 0 Å². The van der Waals surface area contributed by atoms with Crippen molar-refractivity contribution in [2.75, 3.05) is 13.2 Å². The molecule has 0 bridgehead atoms. The van der Waals surface area contributed by atoms with Crippen molar-refractivity contribution >= 4 is 34.8 Å². The van der Waals surface area contributed by atoms with Crippen LogP contribution < -0.4 is 10.1 Å². The zero-order valence-corrected chi connectivity index (χ0v) is 12.2. The lowest BCUT2D eigenvalue weighted by atomic mass is 10.3. The van der Waals surface area contributed by atoms with Gasteiger partial charge in [-0.1, -0.05) is 41.7 Å². The van der Waals surface area contributed by atoms with E-state index in [1.165, 1.54) is 0 Å². The summed E-state index contributed by atoms with van der Waals surface area (Å²) in [6, 6.07) is 3.86. The molecule has 0 radical (unpaired) electrons. The first kappa shape index (κ1) is 14.9. The van der Waals surface area contributed by atoms with Crippen LogP contribution in [0.4, 0.5) is 0 Å². The van der Waals surface area contributed by atoms with Crippen molar-refractivity contribution in [1.29, 1.82) is 0 Å². The van der Waals surface area contributed by atoms with Crippen LogP contribution in [0.2, 0.25) is 15.1 Å². The Balaban J connectivity index is 2.47. The van der Waals surface area contributed by atoms with Crippen LogP contribution in [0.15, 0.2) is 12.1 Å². The highest BCUT2D eigenvalue weighted by molar-refractivity contribution is 6.40. The van der Waals surface area contributed by atoms with Gasteiger partial charge in [-0.15, -0.1) is 0 Å². The Hall–Kier alpha value is -0.150. The Bertz CT molecular complexity index is 348. The highest BCUT2D eigenvalue weighted by Gasteiger charge is 2.09. The standard InChI is InChI=1S/C12H16Cl3NO/c1-3-8(2)16-4-5-17-12-10(14)6-9(13)7-11(12)15/h6-8,16H,3-5H2,1-2H3/p+1/t8-/m0/s1. The fourth-order valence-corrected chi connectivity index (χ4v) is 2.27. The summed E-state index contributed by atoms with van der Waals surface area (Å²) in [6.45, 7) is 5.80. The summed E-state index contributed by atoms with van der Waals surface area (Å²) in [7, 11) is 0. The lowest BCUT2D eigenvalue weighted by molar-refractivity contribution is -0.686. The average molecular weight is 298 g/mol. The van der Waals surface area contributed by atoms with Crippen LogP contribution in [-0.2, 0) is 0 Å². The molecule has 0 aliphatic rings. The zero-order valence-electron chi connectivity index (χ0n) is 9.97. The predicted molar refractivity (Wildman–Crippen MR) is 73.5 cm³/mol. The molecular formula is C12H17Cl3NO+. The Morgan fingerprint density at radius 3 is 2.35 bits per heavy atom. The average Bonchev–Trinajstić information content (AvgIpc) is 2.26. The summed E-state index contributed by atoms with van der Waals surface area (Å²) in [5.41, 5.74) is 0. The number of nitrogens with two attached hydrogens (primary N) is 1. The van der Waals surface area contributed by atoms with Crippen LogP contribution in [0.25, 0.3) is 0 Å². The van der Waals surface area contributed by atoms with Crippen molar-refractivity contribution in [2.24, 2.45) is 0 Å². The van der Waals surface area contributed by atoms with Crippen molar-refractivity contribution < 1.29 is 10.1 Å². The molecule has 5 heteroatoms. The number of quaternary nitrogens is 1. The molecule has 0 fully saturated rings. The minimum atomic E-state index is 0.450. The van der Waals surface area contributed by atoms with E-state index in [2.05, 4.69) is 19.2 Å². The van der Waals surface area contributed by atoms with Crippen molar-refractivity contribution in [3.05, 3.63) is 27.2 Å². The third-order valence-corrected chi connectivity index (χ3v) is 3.32. The van der Waals surface area contributed by atoms with Crippen LogP contribution >= 0.6 is 34.8 Å². The van der Waals surface area contributed by atoms with E-state index in [0.717, 1.165) is 13.0 Å². The number of benzene rings is 1. The van der Waals surface area contributed by atoms with E-state index in [1.54, 1.807) is 12.1 Å². The first-order valence-electron chi connectivity index (χ1n) is 5.65. The summed E-state index contributed by atoms with van der Waals surface area (Å²) in [5, 5.41) is 3.65. The second-order valence-electron chi connectivity index (χ2n) is 3.96. The normalized spacial score (nSPS) is 12.5. The van der Waals surface area contributed by atoms with E-state index in [1.807, 2.05) is 0 Å². The quantitative estimate of drug-likeness (QED) is 0.800. The van der Waals surface area contributed by atoms with Crippen LogP contribution in [0, 0.1) is 0 Å². The highest BCUT2D eigenvalue weighted by Crippen LogP contribution is 2.35. The minimum Gasteiger partial charge on any atom is -0.485 e. The second-order valence-corrected chi connectivity index (χ2v) is 5.21. The van der Waals surface area contributed by atoms with E-state index in [-0.39, 0.29) is 0 Å². The molecule has 0 heterocycles. The topological polar surface area (TPSA) is 25.8 Å². The lowest BCUT2D eigenvalue weighted by Crippen LogP contribution is -2.90. The third kappa shape index (κ3) is 4.92. The summed E-state index contributed by atoms with van der Waals surface area (Å²) in [6.07, 6.45) is 1.14.